The molecule has 0 saturated heterocycles. The van der Waals surface area contributed by atoms with Gasteiger partial charge in [0.25, 0.3) is 0 Å². The maximum Gasteiger partial charge on any atom is 2.00 e. The van der Waals surface area contributed by atoms with Crippen LogP contribution < -0.4 is 29.4 Å². The van der Waals surface area contributed by atoms with Gasteiger partial charge in [-0.3, -0.25) is 0 Å². The Labute approximate surface area is 149 Å². The minimum Gasteiger partial charge on any atom is -0.822 e. The van der Waals surface area contributed by atoms with Crippen molar-refractivity contribution in [1.82, 2.24) is 0 Å². The van der Waals surface area contributed by atoms with Gasteiger partial charge in [0.15, 0.2) is 0 Å². The average Bonchev–Trinajstić information content (AvgIpc) is 1.41. The van der Waals surface area contributed by atoms with Crippen LogP contribution in [0.3, 0.4) is 0 Å². The molecule has 0 radical (unpaired) electrons. The summed E-state index contributed by atoms with van der Waals surface area (Å²) in [5, 5.41) is 0. The van der Waals surface area contributed by atoms with E-state index in [4.69, 9.17) is 57.7 Å². The molecule has 0 unspecified atom stereocenters. The minimum atomic E-state index is -5.39. The molecule has 0 bridgehead atoms. The van der Waals surface area contributed by atoms with Crippen molar-refractivity contribution in [3.63, 3.8) is 0 Å². The van der Waals surface area contributed by atoms with Crippen LogP contribution in [0.5, 0.6) is 0 Å². The maximum absolute atomic E-state index is 8.88. The molecule has 96 valence electrons. The van der Waals surface area contributed by atoms with Gasteiger partial charge in [0.2, 0.25) is 0 Å². The molecule has 0 rings (SSSR count). The monoisotopic (exact) mass is 360 g/mol. The molecule has 0 aromatic rings. The molecule has 18 heavy (non-hydrogen) atoms. The second-order valence-corrected chi connectivity index (χ2v) is 4.22. The summed E-state index contributed by atoms with van der Waals surface area (Å²) in [5.41, 5.74) is 0. The summed E-state index contributed by atoms with van der Waals surface area (Å²) < 4.78 is 26.0. The smallest absolute Gasteiger partial charge is 0.822 e. The van der Waals surface area contributed by atoms with E-state index in [9.17, 15) is 0 Å². The van der Waals surface area contributed by atoms with Gasteiger partial charge in [0.05, 0.1) is 0 Å². The molecule has 3 N–H and O–H groups in total. The molecule has 0 aliphatic heterocycles. The molecule has 0 atom stereocenters. The first-order valence-electron chi connectivity index (χ1n) is 2.24. The van der Waals surface area contributed by atoms with Gasteiger partial charge in [-0.2, -0.15) is 15.6 Å². The van der Waals surface area contributed by atoms with Crippen molar-refractivity contribution >= 4 is 92.6 Å². The van der Waals surface area contributed by atoms with Gasteiger partial charge in [-0.1, -0.05) is 0 Å². The summed E-state index contributed by atoms with van der Waals surface area (Å²) in [6, 6.07) is 0. The van der Waals surface area contributed by atoms with E-state index in [0.717, 1.165) is 0 Å². The fourth-order valence-corrected chi connectivity index (χ4v) is 0. The zero-order valence-corrected chi connectivity index (χ0v) is 15.4. The van der Waals surface area contributed by atoms with E-state index in [-0.39, 0.29) is 69.2 Å². The van der Waals surface area contributed by atoms with E-state index < -0.39 is 23.5 Å². The molecule has 12 nitrogen and oxygen atoms in total. The SMILES string of the molecule is O=P(O)(O)O.O=P([O-])([O-])[O-].O=P([O-])([O-])[O-].[Mg+2].[Mg+2].[Mg+2]. The predicted molar refractivity (Wildman–Crippen MR) is 46.7 cm³/mol. The van der Waals surface area contributed by atoms with Gasteiger partial charge in [-0.25, -0.2) is 4.57 Å². The fraction of sp³-hybridized carbons (Fsp3) is 0. The fourth-order valence-electron chi connectivity index (χ4n) is 0. The van der Waals surface area contributed by atoms with Crippen LogP contribution in [0, 0.1) is 0 Å². The first-order valence-corrected chi connectivity index (χ1v) is 6.73. The minimum absolute atomic E-state index is 0. The average molecular weight is 361 g/mol. The van der Waals surface area contributed by atoms with Crippen molar-refractivity contribution in [2.75, 3.05) is 0 Å². The number of phosphoric acid groups is 3. The van der Waals surface area contributed by atoms with E-state index in [1.54, 1.807) is 0 Å². The topological polar surface area (TPSA) is 250 Å². The summed E-state index contributed by atoms with van der Waals surface area (Å²) in [4.78, 5) is 72.9. The third-order valence-corrected chi connectivity index (χ3v) is 0. The van der Waals surface area contributed by atoms with Crippen LogP contribution in [0.25, 0.3) is 0 Å². The van der Waals surface area contributed by atoms with Crippen LogP contribution in [0.2, 0.25) is 0 Å². The van der Waals surface area contributed by atoms with Crippen molar-refractivity contribution in [1.29, 1.82) is 0 Å². The first-order chi connectivity index (χ1) is 6.00. The van der Waals surface area contributed by atoms with E-state index in [0.29, 0.717) is 0 Å². The van der Waals surface area contributed by atoms with Gasteiger partial charge in [-0.15, -0.1) is 0 Å². The van der Waals surface area contributed by atoms with Crippen LogP contribution in [0.4, 0.5) is 0 Å². The van der Waals surface area contributed by atoms with Gasteiger partial charge in [0.1, 0.15) is 0 Å². The van der Waals surface area contributed by atoms with Crippen LogP contribution in [0.15, 0.2) is 0 Å². The van der Waals surface area contributed by atoms with E-state index in [1.807, 2.05) is 0 Å². The van der Waals surface area contributed by atoms with Crippen LogP contribution >= 0.6 is 23.5 Å². The number of hydrogen-bond acceptors (Lipinski definition) is 9. The standard InChI is InChI=1S/3Mg.3H3O4P/c;;;3*1-5(2,3)4/h;;;3*(H3,1,2,3,4)/q3*+2;;;/p-6. The Bertz CT molecular complexity index is 209. The second kappa shape index (κ2) is 16.0. The van der Waals surface area contributed by atoms with Crippen LogP contribution in [-0.4, -0.2) is 83.8 Å². The molecular formula is H3Mg3O12P3. The zero-order chi connectivity index (χ0) is 13.5. The Morgan fingerprint density at radius 1 is 0.556 bits per heavy atom. The molecule has 18 heteroatoms. The summed E-state index contributed by atoms with van der Waals surface area (Å²) in [6.45, 7) is 0. The first kappa shape index (κ1) is 37.1. The van der Waals surface area contributed by atoms with E-state index in [2.05, 4.69) is 0 Å². The van der Waals surface area contributed by atoms with Gasteiger partial charge in [0, 0.05) is 0 Å². The Kier molecular flexibility index (Phi) is 33.0. The van der Waals surface area contributed by atoms with E-state index >= 15 is 0 Å². The third-order valence-electron chi connectivity index (χ3n) is 0. The Hall–Kier alpha value is 2.63. The predicted octanol–water partition coefficient (Wildman–Crippen LogP) is -7.72. The van der Waals surface area contributed by atoms with Crippen LogP contribution in [0.1, 0.15) is 0 Å². The molecule has 0 aromatic heterocycles. The number of hydrogen-bond donors (Lipinski definition) is 3. The van der Waals surface area contributed by atoms with Gasteiger partial charge < -0.3 is 53.2 Å². The summed E-state index contributed by atoms with van der Waals surface area (Å²) in [6.07, 6.45) is 0. The quantitative estimate of drug-likeness (QED) is 0.269. The Morgan fingerprint density at radius 3 is 0.556 bits per heavy atom. The normalized spacial score (nSPS) is 9.83. The molecular weight excluding hydrogens is 358 g/mol. The molecule has 0 aliphatic carbocycles. The van der Waals surface area contributed by atoms with Gasteiger partial charge >= 0.3 is 77.0 Å². The molecule has 0 amide bonds. The zero-order valence-electron chi connectivity index (χ0n) is 8.48. The molecule has 0 saturated carbocycles. The van der Waals surface area contributed by atoms with Crippen molar-refractivity contribution in [3.05, 3.63) is 0 Å². The molecule has 0 spiro atoms. The maximum atomic E-state index is 8.88. The van der Waals surface area contributed by atoms with Crippen molar-refractivity contribution < 1.29 is 57.7 Å². The Morgan fingerprint density at radius 2 is 0.556 bits per heavy atom. The van der Waals surface area contributed by atoms with Crippen molar-refractivity contribution in [2.45, 2.75) is 0 Å². The van der Waals surface area contributed by atoms with Crippen LogP contribution in [-0.2, 0) is 13.7 Å². The van der Waals surface area contributed by atoms with Crippen molar-refractivity contribution in [2.24, 2.45) is 0 Å². The summed E-state index contributed by atoms with van der Waals surface area (Å²) in [7, 11) is -15.4. The second-order valence-electron chi connectivity index (χ2n) is 1.41. The summed E-state index contributed by atoms with van der Waals surface area (Å²) in [5.74, 6) is 0. The Balaban J connectivity index is -0.0000000277. The molecule has 0 aliphatic rings. The largest absolute Gasteiger partial charge is 2.00 e. The molecule has 0 fully saturated rings. The van der Waals surface area contributed by atoms with E-state index in [1.165, 1.54) is 0 Å². The van der Waals surface area contributed by atoms with Crippen molar-refractivity contribution in [3.8, 4) is 0 Å². The molecule has 0 heterocycles. The summed E-state index contributed by atoms with van der Waals surface area (Å²) >= 11 is 0. The third kappa shape index (κ3) is 838. The molecule has 0 aromatic carbocycles. The van der Waals surface area contributed by atoms with Gasteiger partial charge in [-0.05, 0) is 0 Å². The number of rotatable bonds is 0.